The third-order valence-electron chi connectivity index (χ3n) is 6.40. The zero-order chi connectivity index (χ0) is 22.9. The minimum atomic E-state index is -0.414. The standard InChI is InChI=1S/C22H27N7O4/c1-23-22(32)29-8-3-2-7-15(29)19-17-18(25-26-19)13-5-4-6-14(16(13)20(17)30)24-21(31)27-28-9-11-33-12-10-28/h4-6,15H,2-3,7-12H2,1H3,(H,23,32)(H,25,26)(H2,24,27,31). The van der Waals surface area contributed by atoms with Crippen LogP contribution in [-0.2, 0) is 4.74 Å². The fraction of sp³-hybridized carbons (Fsp3) is 0.455. The van der Waals surface area contributed by atoms with E-state index in [1.165, 1.54) is 0 Å². The number of hydrazine groups is 1. The lowest BCUT2D eigenvalue weighted by atomic mass is 9.95. The second-order valence-electron chi connectivity index (χ2n) is 8.34. The zero-order valence-corrected chi connectivity index (χ0v) is 18.4. The molecule has 4 amide bonds. The van der Waals surface area contributed by atoms with Gasteiger partial charge in [-0.25, -0.2) is 14.6 Å². The molecule has 3 aliphatic rings. The number of H-pyrrole nitrogens is 1. The largest absolute Gasteiger partial charge is 0.379 e. The normalized spacial score (nSPS) is 20.2. The van der Waals surface area contributed by atoms with Crippen LogP contribution in [0.5, 0.6) is 0 Å². The Bertz CT molecular complexity index is 1090. The summed E-state index contributed by atoms with van der Waals surface area (Å²) < 4.78 is 5.30. The number of hydrogen-bond donors (Lipinski definition) is 4. The van der Waals surface area contributed by atoms with Gasteiger partial charge >= 0.3 is 12.1 Å². The number of carbonyl (C=O) groups excluding carboxylic acids is 3. The maximum absolute atomic E-state index is 13.6. The second kappa shape index (κ2) is 8.83. The molecule has 5 rings (SSSR count). The maximum atomic E-state index is 13.6. The number of likely N-dealkylation sites (tertiary alicyclic amines) is 1. The van der Waals surface area contributed by atoms with E-state index in [0.717, 1.165) is 19.3 Å². The van der Waals surface area contributed by atoms with Crippen LogP contribution in [0.3, 0.4) is 0 Å². The van der Waals surface area contributed by atoms with Crippen LogP contribution in [-0.4, -0.2) is 77.8 Å². The van der Waals surface area contributed by atoms with Crippen LogP contribution >= 0.6 is 0 Å². The average molecular weight is 454 g/mol. The van der Waals surface area contributed by atoms with Crippen molar-refractivity contribution < 1.29 is 19.1 Å². The first-order valence-electron chi connectivity index (χ1n) is 11.2. The SMILES string of the molecule is CNC(=O)N1CCCCC1c1[nH]nc2c1C(=O)c1c(NC(=O)NN3CCOCC3)cccc1-2. The van der Waals surface area contributed by atoms with Gasteiger partial charge in [-0.3, -0.25) is 15.3 Å². The molecule has 0 saturated carbocycles. The van der Waals surface area contributed by atoms with Crippen LogP contribution in [0.25, 0.3) is 11.3 Å². The first-order valence-corrected chi connectivity index (χ1v) is 11.2. The summed E-state index contributed by atoms with van der Waals surface area (Å²) in [6.45, 7) is 2.92. The quantitative estimate of drug-likeness (QED) is 0.479. The lowest BCUT2D eigenvalue weighted by Gasteiger charge is -2.35. The number of amides is 4. The average Bonchev–Trinajstić information content (AvgIpc) is 3.39. The molecule has 1 unspecified atom stereocenters. The summed E-state index contributed by atoms with van der Waals surface area (Å²) in [5, 5.41) is 14.8. The van der Waals surface area contributed by atoms with Gasteiger partial charge in [0.15, 0.2) is 5.78 Å². The van der Waals surface area contributed by atoms with Crippen LogP contribution in [0.1, 0.15) is 46.9 Å². The Balaban J connectivity index is 1.42. The molecule has 2 aromatic rings. The van der Waals surface area contributed by atoms with Crippen LogP contribution < -0.4 is 16.1 Å². The van der Waals surface area contributed by atoms with E-state index in [4.69, 9.17) is 4.74 Å². The lowest BCUT2D eigenvalue weighted by molar-refractivity contribution is 0.0207. The molecule has 0 radical (unpaired) electrons. The molecule has 4 N–H and O–H groups in total. The number of aromatic amines is 1. The molecule has 174 valence electrons. The molecule has 1 atom stereocenters. The first-order chi connectivity index (χ1) is 16.1. The number of rotatable bonds is 3. The summed E-state index contributed by atoms with van der Waals surface area (Å²) in [5.74, 6) is -0.201. The monoisotopic (exact) mass is 453 g/mol. The molecular formula is C22H27N7O4. The number of aromatic nitrogens is 2. The summed E-state index contributed by atoms with van der Waals surface area (Å²) in [6.07, 6.45) is 2.63. The third kappa shape index (κ3) is 3.83. The van der Waals surface area contributed by atoms with Gasteiger partial charge in [0.2, 0.25) is 0 Å². The van der Waals surface area contributed by atoms with Crippen LogP contribution in [0, 0.1) is 0 Å². The summed E-state index contributed by atoms with van der Waals surface area (Å²) in [7, 11) is 1.60. The third-order valence-corrected chi connectivity index (χ3v) is 6.40. The van der Waals surface area contributed by atoms with E-state index in [9.17, 15) is 14.4 Å². The van der Waals surface area contributed by atoms with E-state index in [1.54, 1.807) is 29.1 Å². The van der Waals surface area contributed by atoms with Gasteiger partial charge in [0, 0.05) is 32.2 Å². The second-order valence-corrected chi connectivity index (χ2v) is 8.34. The Morgan fingerprint density at radius 3 is 2.76 bits per heavy atom. The molecule has 2 fully saturated rings. The van der Waals surface area contributed by atoms with Crippen molar-refractivity contribution in [1.82, 2.24) is 30.8 Å². The van der Waals surface area contributed by atoms with Crippen molar-refractivity contribution in [2.45, 2.75) is 25.3 Å². The molecule has 1 aliphatic carbocycles. The van der Waals surface area contributed by atoms with E-state index < -0.39 is 6.03 Å². The number of ether oxygens (including phenoxy) is 1. The number of piperidine rings is 1. The van der Waals surface area contributed by atoms with Gasteiger partial charge in [0.1, 0.15) is 5.69 Å². The molecule has 0 bridgehead atoms. The van der Waals surface area contributed by atoms with Gasteiger partial charge in [0.25, 0.3) is 0 Å². The molecule has 11 heteroatoms. The first kappa shape index (κ1) is 21.4. The minimum absolute atomic E-state index is 0.173. The zero-order valence-electron chi connectivity index (χ0n) is 18.4. The van der Waals surface area contributed by atoms with Gasteiger partial charge < -0.3 is 20.3 Å². The Morgan fingerprint density at radius 1 is 1.15 bits per heavy atom. The number of nitrogens with zero attached hydrogens (tertiary/aromatic N) is 3. The number of morpholine rings is 1. The van der Waals surface area contributed by atoms with Gasteiger partial charge in [-0.2, -0.15) is 5.10 Å². The topological polar surface area (TPSA) is 132 Å². The summed E-state index contributed by atoms with van der Waals surface area (Å²) in [6, 6.07) is 4.48. The highest BCUT2D eigenvalue weighted by Crippen LogP contribution is 2.43. The molecule has 1 aromatic carbocycles. The maximum Gasteiger partial charge on any atom is 0.333 e. The molecule has 3 heterocycles. The fourth-order valence-corrected chi connectivity index (χ4v) is 4.83. The number of anilines is 1. The number of hydrogen-bond acceptors (Lipinski definition) is 6. The van der Waals surface area contributed by atoms with Crippen molar-refractivity contribution in [3.05, 3.63) is 35.0 Å². The van der Waals surface area contributed by atoms with Gasteiger partial charge in [-0.15, -0.1) is 0 Å². The van der Waals surface area contributed by atoms with E-state index in [-0.39, 0.29) is 17.9 Å². The molecule has 1 aromatic heterocycles. The van der Waals surface area contributed by atoms with Crippen molar-refractivity contribution in [3.8, 4) is 11.3 Å². The highest BCUT2D eigenvalue weighted by atomic mass is 16.5. The highest BCUT2D eigenvalue weighted by Gasteiger charge is 2.39. The van der Waals surface area contributed by atoms with Crippen molar-refractivity contribution in [1.29, 1.82) is 0 Å². The van der Waals surface area contributed by atoms with E-state index in [1.807, 2.05) is 6.07 Å². The Morgan fingerprint density at radius 2 is 1.97 bits per heavy atom. The summed E-state index contributed by atoms with van der Waals surface area (Å²) in [4.78, 5) is 40.3. The smallest absolute Gasteiger partial charge is 0.333 e. The molecule has 2 aliphatic heterocycles. The highest BCUT2D eigenvalue weighted by molar-refractivity contribution is 6.25. The number of nitrogens with one attached hydrogen (secondary N) is 4. The number of carbonyl (C=O) groups is 3. The molecular weight excluding hydrogens is 426 g/mol. The van der Waals surface area contributed by atoms with Crippen molar-refractivity contribution >= 4 is 23.5 Å². The predicted octanol–water partition coefficient (Wildman–Crippen LogP) is 1.86. The van der Waals surface area contributed by atoms with E-state index in [2.05, 4.69) is 26.3 Å². The molecule has 11 nitrogen and oxygen atoms in total. The van der Waals surface area contributed by atoms with Gasteiger partial charge in [0.05, 0.1) is 41.8 Å². The number of ketones is 1. The molecule has 2 saturated heterocycles. The molecule has 33 heavy (non-hydrogen) atoms. The number of urea groups is 2. The number of benzene rings is 1. The molecule has 0 spiro atoms. The van der Waals surface area contributed by atoms with E-state index in [0.29, 0.717) is 66.6 Å². The lowest BCUT2D eigenvalue weighted by Crippen LogP contribution is -2.49. The van der Waals surface area contributed by atoms with Crippen molar-refractivity contribution in [2.75, 3.05) is 45.2 Å². The van der Waals surface area contributed by atoms with Crippen LogP contribution in [0.2, 0.25) is 0 Å². The fourth-order valence-electron chi connectivity index (χ4n) is 4.83. The van der Waals surface area contributed by atoms with Crippen molar-refractivity contribution in [3.63, 3.8) is 0 Å². The summed E-state index contributed by atoms with van der Waals surface area (Å²) in [5.41, 5.74) is 6.01. The minimum Gasteiger partial charge on any atom is -0.379 e. The van der Waals surface area contributed by atoms with Gasteiger partial charge in [-0.1, -0.05) is 12.1 Å². The van der Waals surface area contributed by atoms with E-state index >= 15 is 0 Å². The Labute approximate surface area is 190 Å². The predicted molar refractivity (Wildman–Crippen MR) is 120 cm³/mol. The van der Waals surface area contributed by atoms with Gasteiger partial charge in [-0.05, 0) is 25.3 Å². The van der Waals surface area contributed by atoms with Crippen LogP contribution in [0.15, 0.2) is 18.2 Å². The van der Waals surface area contributed by atoms with Crippen LogP contribution in [0.4, 0.5) is 15.3 Å². The summed E-state index contributed by atoms with van der Waals surface area (Å²) >= 11 is 0. The Kier molecular flexibility index (Phi) is 5.73. The Hall–Kier alpha value is -3.44. The number of fused-ring (bicyclic) bond motifs is 3. The van der Waals surface area contributed by atoms with Crippen molar-refractivity contribution in [2.24, 2.45) is 0 Å².